The molecule has 0 aliphatic heterocycles. The van der Waals surface area contributed by atoms with E-state index in [0.717, 1.165) is 33.8 Å². The summed E-state index contributed by atoms with van der Waals surface area (Å²) >= 11 is 6.27. The molecule has 0 amide bonds. The van der Waals surface area contributed by atoms with E-state index in [1.807, 2.05) is 32.0 Å². The van der Waals surface area contributed by atoms with Gasteiger partial charge in [-0.05, 0) is 55.2 Å². The van der Waals surface area contributed by atoms with E-state index < -0.39 is 0 Å². The Morgan fingerprint density at radius 1 is 1.26 bits per heavy atom. The van der Waals surface area contributed by atoms with Crippen LogP contribution in [-0.4, -0.2) is 4.98 Å². The summed E-state index contributed by atoms with van der Waals surface area (Å²) in [6, 6.07) is 10.1. The smallest absolute Gasteiger partial charge is 0.0502 e. The third-order valence-corrected chi connectivity index (χ3v) is 3.51. The second-order valence-corrected chi connectivity index (χ2v) is 5.16. The van der Waals surface area contributed by atoms with Gasteiger partial charge < -0.3 is 0 Å². The Morgan fingerprint density at radius 3 is 2.68 bits per heavy atom. The Bertz CT molecular complexity index is 569. The van der Waals surface area contributed by atoms with Gasteiger partial charge in [0.1, 0.15) is 0 Å². The van der Waals surface area contributed by atoms with E-state index in [0.29, 0.717) is 0 Å². The van der Waals surface area contributed by atoms with Gasteiger partial charge in [-0.3, -0.25) is 16.3 Å². The van der Waals surface area contributed by atoms with Gasteiger partial charge in [-0.1, -0.05) is 23.7 Å². The van der Waals surface area contributed by atoms with Crippen LogP contribution in [0.1, 0.15) is 28.4 Å². The molecule has 4 heteroatoms. The molecule has 0 bridgehead atoms. The highest BCUT2D eigenvalue weighted by atomic mass is 35.5. The highest BCUT2D eigenvalue weighted by Crippen LogP contribution is 2.24. The number of aromatic nitrogens is 1. The summed E-state index contributed by atoms with van der Waals surface area (Å²) in [4.78, 5) is 4.20. The maximum Gasteiger partial charge on any atom is 0.0502 e. The molecule has 3 N–H and O–H groups in total. The fourth-order valence-electron chi connectivity index (χ4n) is 2.10. The molecule has 100 valence electrons. The number of nitrogens with one attached hydrogen (secondary N) is 1. The summed E-state index contributed by atoms with van der Waals surface area (Å²) in [7, 11) is 0. The second-order valence-electron chi connectivity index (χ2n) is 4.75. The van der Waals surface area contributed by atoms with E-state index in [1.54, 1.807) is 6.20 Å². The molecule has 1 aromatic carbocycles. The zero-order chi connectivity index (χ0) is 13.8. The molecule has 0 aliphatic rings. The third kappa shape index (κ3) is 3.53. The molecule has 19 heavy (non-hydrogen) atoms. The lowest BCUT2D eigenvalue weighted by atomic mass is 9.99. The van der Waals surface area contributed by atoms with Gasteiger partial charge in [-0.2, -0.15) is 0 Å². The molecule has 0 aliphatic carbocycles. The van der Waals surface area contributed by atoms with Crippen LogP contribution >= 0.6 is 11.6 Å². The third-order valence-electron chi connectivity index (χ3n) is 3.16. The van der Waals surface area contributed by atoms with Crippen molar-refractivity contribution in [2.24, 2.45) is 5.84 Å². The predicted octanol–water partition coefficient (Wildman–Crippen LogP) is 3.10. The van der Waals surface area contributed by atoms with Crippen LogP contribution in [0.15, 0.2) is 36.5 Å². The van der Waals surface area contributed by atoms with Crippen molar-refractivity contribution < 1.29 is 0 Å². The largest absolute Gasteiger partial charge is 0.271 e. The lowest BCUT2D eigenvalue weighted by Gasteiger charge is -2.17. The summed E-state index contributed by atoms with van der Waals surface area (Å²) in [5, 5.41) is 0.783. The average Bonchev–Trinajstić information content (AvgIpc) is 2.38. The zero-order valence-corrected chi connectivity index (χ0v) is 11.9. The summed E-state index contributed by atoms with van der Waals surface area (Å²) in [5.41, 5.74) is 7.19. The molecule has 1 heterocycles. The number of rotatable bonds is 4. The van der Waals surface area contributed by atoms with Gasteiger partial charge in [0.05, 0.1) is 6.04 Å². The van der Waals surface area contributed by atoms with Crippen LogP contribution in [0.3, 0.4) is 0 Å². The number of hydrazine groups is 1. The minimum Gasteiger partial charge on any atom is -0.271 e. The van der Waals surface area contributed by atoms with Crippen molar-refractivity contribution in [2.45, 2.75) is 26.3 Å². The van der Waals surface area contributed by atoms with Gasteiger partial charge in [0, 0.05) is 16.9 Å². The Kier molecular flexibility index (Phi) is 4.53. The molecule has 3 nitrogen and oxygen atoms in total. The molecule has 0 saturated carbocycles. The zero-order valence-electron chi connectivity index (χ0n) is 11.2. The van der Waals surface area contributed by atoms with Crippen molar-refractivity contribution in [1.82, 2.24) is 10.4 Å². The van der Waals surface area contributed by atoms with Crippen LogP contribution in [0.2, 0.25) is 5.02 Å². The fraction of sp³-hybridized carbons (Fsp3) is 0.267. The Balaban J connectivity index is 2.24. The SMILES string of the molecule is Cc1ccc(CC(NN)c2ccnc(C)c2)c(Cl)c1. The minimum atomic E-state index is 0.0295. The van der Waals surface area contributed by atoms with E-state index in [9.17, 15) is 0 Å². The number of benzene rings is 1. The van der Waals surface area contributed by atoms with Gasteiger partial charge in [-0.15, -0.1) is 0 Å². The summed E-state index contributed by atoms with van der Waals surface area (Å²) in [6.45, 7) is 4.00. The highest BCUT2D eigenvalue weighted by Gasteiger charge is 2.13. The monoisotopic (exact) mass is 275 g/mol. The molecule has 1 aromatic heterocycles. The van der Waals surface area contributed by atoms with Gasteiger partial charge in [-0.25, -0.2) is 0 Å². The number of pyridine rings is 1. The predicted molar refractivity (Wildman–Crippen MR) is 78.9 cm³/mol. The fourth-order valence-corrected chi connectivity index (χ4v) is 2.41. The van der Waals surface area contributed by atoms with Gasteiger partial charge >= 0.3 is 0 Å². The van der Waals surface area contributed by atoms with Crippen molar-refractivity contribution in [2.75, 3.05) is 0 Å². The minimum absolute atomic E-state index is 0.0295. The van der Waals surface area contributed by atoms with Gasteiger partial charge in [0.25, 0.3) is 0 Å². The van der Waals surface area contributed by atoms with Crippen molar-refractivity contribution >= 4 is 11.6 Å². The Hall–Kier alpha value is -1.42. The van der Waals surface area contributed by atoms with Crippen LogP contribution in [0.4, 0.5) is 0 Å². The summed E-state index contributed by atoms with van der Waals surface area (Å²) in [5.74, 6) is 5.67. The maximum absolute atomic E-state index is 6.27. The molecule has 2 rings (SSSR count). The van der Waals surface area contributed by atoms with Crippen molar-refractivity contribution in [3.63, 3.8) is 0 Å². The van der Waals surface area contributed by atoms with E-state index in [1.165, 1.54) is 0 Å². The molecule has 1 atom stereocenters. The Morgan fingerprint density at radius 2 is 2.05 bits per heavy atom. The van der Waals surface area contributed by atoms with Crippen molar-refractivity contribution in [1.29, 1.82) is 0 Å². The first-order valence-electron chi connectivity index (χ1n) is 6.24. The van der Waals surface area contributed by atoms with Gasteiger partial charge in [0.2, 0.25) is 0 Å². The lowest BCUT2D eigenvalue weighted by molar-refractivity contribution is 0.551. The molecular weight excluding hydrogens is 258 g/mol. The first-order valence-corrected chi connectivity index (χ1v) is 6.61. The first kappa shape index (κ1) is 14.0. The molecule has 0 saturated heterocycles. The summed E-state index contributed by atoms with van der Waals surface area (Å²) in [6.07, 6.45) is 2.55. The second kappa shape index (κ2) is 6.15. The van der Waals surface area contributed by atoms with E-state index >= 15 is 0 Å². The Labute approximate surface area is 118 Å². The topological polar surface area (TPSA) is 50.9 Å². The number of hydrogen-bond acceptors (Lipinski definition) is 3. The highest BCUT2D eigenvalue weighted by molar-refractivity contribution is 6.31. The van der Waals surface area contributed by atoms with Gasteiger partial charge in [0.15, 0.2) is 0 Å². The van der Waals surface area contributed by atoms with E-state index in [4.69, 9.17) is 17.4 Å². The average molecular weight is 276 g/mol. The van der Waals surface area contributed by atoms with Crippen molar-refractivity contribution in [3.05, 3.63) is 63.9 Å². The number of nitrogens with two attached hydrogens (primary N) is 1. The number of nitrogens with zero attached hydrogens (tertiary/aromatic N) is 1. The van der Waals surface area contributed by atoms with Crippen LogP contribution < -0.4 is 11.3 Å². The molecular formula is C15H18ClN3. The molecule has 1 unspecified atom stereocenters. The van der Waals surface area contributed by atoms with Crippen LogP contribution in [0.5, 0.6) is 0 Å². The molecule has 0 fully saturated rings. The van der Waals surface area contributed by atoms with Crippen LogP contribution in [0, 0.1) is 13.8 Å². The van der Waals surface area contributed by atoms with Crippen LogP contribution in [0.25, 0.3) is 0 Å². The van der Waals surface area contributed by atoms with E-state index in [-0.39, 0.29) is 6.04 Å². The molecule has 0 spiro atoms. The normalized spacial score (nSPS) is 12.4. The molecule has 2 aromatic rings. The number of hydrogen-bond donors (Lipinski definition) is 2. The summed E-state index contributed by atoms with van der Waals surface area (Å²) < 4.78 is 0. The molecule has 0 radical (unpaired) electrons. The standard InChI is InChI=1S/C15H18ClN3/c1-10-3-4-12(14(16)7-10)9-15(19-17)13-5-6-18-11(2)8-13/h3-8,15,19H,9,17H2,1-2H3. The number of halogens is 1. The quantitative estimate of drug-likeness (QED) is 0.666. The van der Waals surface area contributed by atoms with Crippen molar-refractivity contribution in [3.8, 4) is 0 Å². The van der Waals surface area contributed by atoms with E-state index in [2.05, 4.69) is 22.5 Å². The maximum atomic E-state index is 6.27. The van der Waals surface area contributed by atoms with Crippen LogP contribution in [-0.2, 0) is 6.42 Å². The number of aryl methyl sites for hydroxylation is 2. The first-order chi connectivity index (χ1) is 9.10. The lowest BCUT2D eigenvalue weighted by Crippen LogP contribution is -2.29.